The molecular formula is C24H31N3O4. The molecule has 0 bridgehead atoms. The van der Waals surface area contributed by atoms with Crippen molar-refractivity contribution in [1.29, 1.82) is 0 Å². The molecule has 2 fully saturated rings. The molecule has 0 atom stereocenters. The highest BCUT2D eigenvalue weighted by atomic mass is 16.5. The van der Waals surface area contributed by atoms with E-state index in [9.17, 15) is 4.79 Å². The van der Waals surface area contributed by atoms with Crippen LogP contribution in [0.5, 0.6) is 5.75 Å². The van der Waals surface area contributed by atoms with Gasteiger partial charge < -0.3 is 29.3 Å². The molecule has 2 aliphatic heterocycles. The molecule has 0 unspecified atom stereocenters. The smallest absolute Gasteiger partial charge is 0.262 e. The number of hydrogen-bond acceptors (Lipinski definition) is 6. The van der Waals surface area contributed by atoms with E-state index in [-0.39, 0.29) is 12.5 Å². The normalized spacial score (nSPS) is 16.8. The summed E-state index contributed by atoms with van der Waals surface area (Å²) in [7, 11) is 0. The summed E-state index contributed by atoms with van der Waals surface area (Å²) in [5.41, 5.74) is 5.17. The van der Waals surface area contributed by atoms with E-state index in [1.165, 1.54) is 0 Å². The molecule has 166 valence electrons. The van der Waals surface area contributed by atoms with Crippen LogP contribution in [0.15, 0.2) is 36.4 Å². The third kappa shape index (κ3) is 5.29. The molecule has 2 aliphatic rings. The number of ether oxygens (including phenoxy) is 3. The zero-order chi connectivity index (χ0) is 21.6. The maximum Gasteiger partial charge on any atom is 0.262 e. The maximum atomic E-state index is 12.7. The summed E-state index contributed by atoms with van der Waals surface area (Å²) in [6.07, 6.45) is 0. The number of hydrogen-bond donors (Lipinski definition) is 1. The van der Waals surface area contributed by atoms with Crippen molar-refractivity contribution in [2.24, 2.45) is 0 Å². The Kier molecular flexibility index (Phi) is 6.94. The lowest BCUT2D eigenvalue weighted by atomic mass is 10.1. The number of carbonyl (C=O) groups is 1. The first-order valence-corrected chi connectivity index (χ1v) is 10.9. The second-order valence-corrected chi connectivity index (χ2v) is 7.94. The van der Waals surface area contributed by atoms with Crippen molar-refractivity contribution in [2.75, 3.05) is 74.3 Å². The van der Waals surface area contributed by atoms with Crippen LogP contribution in [0.1, 0.15) is 11.1 Å². The van der Waals surface area contributed by atoms with Crippen LogP contribution < -0.4 is 19.9 Å². The monoisotopic (exact) mass is 425 g/mol. The average molecular weight is 426 g/mol. The number of nitrogens with one attached hydrogen (secondary N) is 1. The first-order valence-electron chi connectivity index (χ1n) is 10.9. The molecule has 0 aliphatic carbocycles. The zero-order valence-corrected chi connectivity index (χ0v) is 18.4. The third-order valence-corrected chi connectivity index (χ3v) is 5.90. The van der Waals surface area contributed by atoms with Crippen LogP contribution in [-0.2, 0) is 14.3 Å². The molecule has 4 rings (SSSR count). The number of benzene rings is 2. The highest BCUT2D eigenvalue weighted by molar-refractivity contribution is 5.96. The van der Waals surface area contributed by atoms with E-state index in [4.69, 9.17) is 14.2 Å². The lowest BCUT2D eigenvalue weighted by Gasteiger charge is -2.33. The second kappa shape index (κ2) is 10.0. The lowest BCUT2D eigenvalue weighted by molar-refractivity contribution is -0.118. The molecule has 2 saturated heterocycles. The Morgan fingerprint density at radius 2 is 1.65 bits per heavy atom. The van der Waals surface area contributed by atoms with Crippen molar-refractivity contribution >= 4 is 23.0 Å². The Hall–Kier alpha value is -2.77. The molecular weight excluding hydrogens is 394 g/mol. The van der Waals surface area contributed by atoms with Gasteiger partial charge in [-0.1, -0.05) is 12.1 Å². The minimum Gasteiger partial charge on any atom is -0.483 e. The van der Waals surface area contributed by atoms with Gasteiger partial charge in [-0.15, -0.1) is 0 Å². The molecule has 1 amide bonds. The highest BCUT2D eigenvalue weighted by Crippen LogP contribution is 2.32. The summed E-state index contributed by atoms with van der Waals surface area (Å²) < 4.78 is 16.8. The number of amides is 1. The van der Waals surface area contributed by atoms with E-state index in [1.54, 1.807) is 0 Å². The Labute approximate surface area is 183 Å². The molecule has 7 heteroatoms. The summed E-state index contributed by atoms with van der Waals surface area (Å²) in [5.74, 6) is 0.570. The number of anilines is 3. The number of morpholine rings is 2. The predicted molar refractivity (Wildman–Crippen MR) is 123 cm³/mol. The Bertz CT molecular complexity index is 906. The van der Waals surface area contributed by atoms with Crippen LogP contribution in [0, 0.1) is 13.8 Å². The lowest BCUT2D eigenvalue weighted by Crippen LogP contribution is -2.38. The summed E-state index contributed by atoms with van der Waals surface area (Å²) in [6, 6.07) is 12.1. The average Bonchev–Trinajstić information content (AvgIpc) is 2.81. The Balaban J connectivity index is 1.49. The first-order chi connectivity index (χ1) is 15.1. The molecule has 2 aromatic rings. The summed E-state index contributed by atoms with van der Waals surface area (Å²) in [6.45, 7) is 10.2. The van der Waals surface area contributed by atoms with Gasteiger partial charge in [0.05, 0.1) is 37.8 Å². The molecule has 31 heavy (non-hydrogen) atoms. The van der Waals surface area contributed by atoms with E-state index < -0.39 is 0 Å². The van der Waals surface area contributed by atoms with Gasteiger partial charge in [0.25, 0.3) is 5.91 Å². The van der Waals surface area contributed by atoms with E-state index >= 15 is 0 Å². The van der Waals surface area contributed by atoms with Gasteiger partial charge in [-0.05, 0) is 49.2 Å². The van der Waals surface area contributed by atoms with Gasteiger partial charge in [0.2, 0.25) is 0 Å². The number of aryl methyl sites for hydroxylation is 1. The first kappa shape index (κ1) is 21.5. The van der Waals surface area contributed by atoms with Gasteiger partial charge in [0, 0.05) is 31.9 Å². The zero-order valence-electron chi connectivity index (χ0n) is 18.4. The second-order valence-electron chi connectivity index (χ2n) is 7.94. The summed E-state index contributed by atoms with van der Waals surface area (Å²) in [4.78, 5) is 17.3. The maximum absolute atomic E-state index is 12.7. The number of rotatable bonds is 6. The predicted octanol–water partition coefficient (Wildman–Crippen LogP) is 2.99. The van der Waals surface area contributed by atoms with Crippen LogP contribution in [0.4, 0.5) is 17.1 Å². The van der Waals surface area contributed by atoms with Gasteiger partial charge >= 0.3 is 0 Å². The van der Waals surface area contributed by atoms with Crippen LogP contribution in [0.25, 0.3) is 0 Å². The molecule has 1 N–H and O–H groups in total. The van der Waals surface area contributed by atoms with Crippen molar-refractivity contribution < 1.29 is 19.0 Å². The minimum atomic E-state index is -0.172. The minimum absolute atomic E-state index is 0.0297. The molecule has 0 aromatic heterocycles. The fraction of sp³-hybridized carbons (Fsp3) is 0.458. The Morgan fingerprint density at radius 1 is 0.968 bits per heavy atom. The largest absolute Gasteiger partial charge is 0.483 e. The number of nitrogens with zero attached hydrogens (tertiary/aromatic N) is 2. The quantitative estimate of drug-likeness (QED) is 0.768. The molecule has 0 saturated carbocycles. The number of carbonyl (C=O) groups excluding carboxylic acids is 1. The topological polar surface area (TPSA) is 63.3 Å². The third-order valence-electron chi connectivity index (χ3n) is 5.90. The van der Waals surface area contributed by atoms with Crippen LogP contribution in [-0.4, -0.2) is 65.1 Å². The van der Waals surface area contributed by atoms with Crippen LogP contribution in [0.3, 0.4) is 0 Å². The van der Waals surface area contributed by atoms with Crippen molar-refractivity contribution in [3.05, 3.63) is 47.5 Å². The van der Waals surface area contributed by atoms with Crippen molar-refractivity contribution in [3.8, 4) is 5.75 Å². The van der Waals surface area contributed by atoms with E-state index in [0.29, 0.717) is 13.2 Å². The standard InChI is InChI=1S/C24H31N3O4/c1-18-4-3-5-23(19(18)2)31-17-24(28)25-21-7-6-20(26-8-12-29-13-9-26)16-22(21)27-10-14-30-15-11-27/h3-7,16H,8-15,17H2,1-2H3,(H,25,28). The molecule has 7 nitrogen and oxygen atoms in total. The van der Waals surface area contributed by atoms with Gasteiger partial charge in [-0.3, -0.25) is 4.79 Å². The van der Waals surface area contributed by atoms with Crippen LogP contribution >= 0.6 is 0 Å². The molecule has 0 radical (unpaired) electrons. The van der Waals surface area contributed by atoms with Gasteiger partial charge in [-0.2, -0.15) is 0 Å². The van der Waals surface area contributed by atoms with Crippen LogP contribution in [0.2, 0.25) is 0 Å². The molecule has 2 aromatic carbocycles. The Morgan fingerprint density at radius 3 is 2.35 bits per heavy atom. The van der Waals surface area contributed by atoms with Crippen molar-refractivity contribution in [3.63, 3.8) is 0 Å². The molecule has 0 spiro atoms. The highest BCUT2D eigenvalue weighted by Gasteiger charge is 2.20. The van der Waals surface area contributed by atoms with Crippen molar-refractivity contribution in [1.82, 2.24) is 0 Å². The summed E-state index contributed by atoms with van der Waals surface area (Å²) in [5, 5.41) is 3.05. The fourth-order valence-electron chi connectivity index (χ4n) is 3.92. The van der Waals surface area contributed by atoms with Crippen molar-refractivity contribution in [2.45, 2.75) is 13.8 Å². The van der Waals surface area contributed by atoms with E-state index in [2.05, 4.69) is 27.2 Å². The van der Waals surface area contributed by atoms with Gasteiger partial charge in [0.15, 0.2) is 6.61 Å². The van der Waals surface area contributed by atoms with E-state index in [0.717, 1.165) is 73.3 Å². The fourth-order valence-corrected chi connectivity index (χ4v) is 3.92. The van der Waals surface area contributed by atoms with Gasteiger partial charge in [-0.25, -0.2) is 0 Å². The molecule has 2 heterocycles. The van der Waals surface area contributed by atoms with Gasteiger partial charge in [0.1, 0.15) is 5.75 Å². The summed E-state index contributed by atoms with van der Waals surface area (Å²) >= 11 is 0. The SMILES string of the molecule is Cc1cccc(OCC(=O)Nc2ccc(N3CCOCC3)cc2N2CCOCC2)c1C. The van der Waals surface area contributed by atoms with E-state index in [1.807, 2.05) is 38.1 Å².